The summed E-state index contributed by atoms with van der Waals surface area (Å²) in [5.74, 6) is -0.294. The fourth-order valence-corrected chi connectivity index (χ4v) is 1.50. The zero-order valence-corrected chi connectivity index (χ0v) is 9.09. The van der Waals surface area contributed by atoms with Crippen LogP contribution in [0.25, 0.3) is 0 Å². The first-order chi connectivity index (χ1) is 6.40. The molecule has 0 amide bonds. The van der Waals surface area contributed by atoms with Crippen molar-refractivity contribution in [3.63, 3.8) is 0 Å². The highest BCUT2D eigenvalue weighted by atomic mass is 16.6. The molecule has 0 aromatic rings. The normalized spacial score (nSPS) is 27.7. The maximum atomic E-state index is 11.8. The molecule has 1 aliphatic heterocycles. The zero-order valence-electron chi connectivity index (χ0n) is 9.09. The molecule has 1 unspecified atom stereocenters. The van der Waals surface area contributed by atoms with Crippen LogP contribution in [0.4, 0.5) is 0 Å². The minimum Gasteiger partial charge on any atom is -0.459 e. The van der Waals surface area contributed by atoms with Crippen LogP contribution in [0.5, 0.6) is 0 Å². The summed E-state index contributed by atoms with van der Waals surface area (Å²) in [7, 11) is 0. The lowest BCUT2D eigenvalue weighted by Crippen LogP contribution is -2.42. The van der Waals surface area contributed by atoms with Crippen molar-refractivity contribution in [1.29, 1.82) is 0 Å². The largest absolute Gasteiger partial charge is 0.459 e. The third-order valence-corrected chi connectivity index (χ3v) is 2.38. The van der Waals surface area contributed by atoms with Crippen molar-refractivity contribution in [1.82, 2.24) is 5.32 Å². The molecule has 0 bridgehead atoms. The molecule has 14 heavy (non-hydrogen) atoms. The average Bonchev–Trinajstić information content (AvgIpc) is 2.49. The van der Waals surface area contributed by atoms with E-state index in [4.69, 9.17) is 4.74 Å². The van der Waals surface area contributed by atoms with Gasteiger partial charge in [-0.05, 0) is 33.7 Å². The molecule has 4 nitrogen and oxygen atoms in total. The predicted molar refractivity (Wildman–Crippen MR) is 52.9 cm³/mol. The molecule has 0 spiro atoms. The molecule has 1 fully saturated rings. The number of aliphatic hydroxyl groups is 1. The summed E-state index contributed by atoms with van der Waals surface area (Å²) in [5, 5.41) is 12.3. The van der Waals surface area contributed by atoms with Gasteiger partial charge in [0.15, 0.2) is 0 Å². The number of hydrogen-bond acceptors (Lipinski definition) is 4. The molecule has 2 N–H and O–H groups in total. The summed E-state index contributed by atoms with van der Waals surface area (Å²) in [4.78, 5) is 11.8. The minimum atomic E-state index is -0.715. The van der Waals surface area contributed by atoms with Gasteiger partial charge in [-0.3, -0.25) is 4.79 Å². The monoisotopic (exact) mass is 201 g/mol. The number of ether oxygens (including phenoxy) is 1. The second kappa shape index (κ2) is 3.87. The van der Waals surface area contributed by atoms with Crippen LogP contribution >= 0.6 is 0 Å². The summed E-state index contributed by atoms with van der Waals surface area (Å²) >= 11 is 0. The van der Waals surface area contributed by atoms with Gasteiger partial charge >= 0.3 is 5.97 Å². The van der Waals surface area contributed by atoms with Crippen molar-refractivity contribution in [3.8, 4) is 0 Å². The average molecular weight is 201 g/mol. The first-order valence-electron chi connectivity index (χ1n) is 4.95. The molecule has 1 saturated heterocycles. The Kier molecular flexibility index (Phi) is 3.17. The molecule has 0 aliphatic carbocycles. The molecule has 4 heteroatoms. The van der Waals surface area contributed by atoms with Gasteiger partial charge in [0.2, 0.25) is 0 Å². The summed E-state index contributed by atoms with van der Waals surface area (Å²) in [6.45, 7) is 6.63. The number of nitrogens with one attached hydrogen (secondary N) is 1. The van der Waals surface area contributed by atoms with Crippen molar-refractivity contribution in [2.24, 2.45) is 5.41 Å². The smallest absolute Gasteiger partial charge is 0.316 e. The topological polar surface area (TPSA) is 58.6 Å². The van der Waals surface area contributed by atoms with Crippen molar-refractivity contribution in [2.45, 2.75) is 32.8 Å². The Morgan fingerprint density at radius 3 is 2.57 bits per heavy atom. The summed E-state index contributed by atoms with van der Waals surface area (Å²) < 4.78 is 5.28. The lowest BCUT2D eigenvalue weighted by molar-refractivity contribution is -0.168. The van der Waals surface area contributed by atoms with Gasteiger partial charge in [0.25, 0.3) is 0 Å². The number of carbonyl (C=O) groups excluding carboxylic acids is 1. The molecule has 0 radical (unpaired) electrons. The molecule has 1 aliphatic rings. The van der Waals surface area contributed by atoms with Gasteiger partial charge in [0.05, 0.1) is 6.61 Å². The van der Waals surface area contributed by atoms with Crippen molar-refractivity contribution >= 4 is 5.97 Å². The van der Waals surface area contributed by atoms with Crippen LogP contribution in [0.1, 0.15) is 27.2 Å². The van der Waals surface area contributed by atoms with E-state index < -0.39 is 11.0 Å². The molecule has 1 heterocycles. The fraction of sp³-hybridized carbons (Fsp3) is 0.900. The minimum absolute atomic E-state index is 0.144. The van der Waals surface area contributed by atoms with Crippen LogP contribution < -0.4 is 5.32 Å². The molecule has 82 valence electrons. The van der Waals surface area contributed by atoms with Crippen LogP contribution in [-0.4, -0.2) is 36.4 Å². The summed E-state index contributed by atoms with van der Waals surface area (Å²) in [5.41, 5.74) is -1.20. The number of carbonyl (C=O) groups is 1. The molecule has 0 aromatic heterocycles. The first kappa shape index (κ1) is 11.5. The van der Waals surface area contributed by atoms with E-state index in [0.717, 1.165) is 6.54 Å². The molecule has 1 atom stereocenters. The first-order valence-corrected chi connectivity index (χ1v) is 4.95. The number of hydrogen-bond donors (Lipinski definition) is 2. The van der Waals surface area contributed by atoms with Gasteiger partial charge in [-0.25, -0.2) is 0 Å². The van der Waals surface area contributed by atoms with E-state index in [1.165, 1.54) is 0 Å². The van der Waals surface area contributed by atoms with E-state index in [1.54, 1.807) is 0 Å². The Bertz CT molecular complexity index is 214. The lowest BCUT2D eigenvalue weighted by Gasteiger charge is -2.28. The summed E-state index contributed by atoms with van der Waals surface area (Å²) in [6.07, 6.45) is 0.651. The molecular formula is C10H19NO3. The SMILES string of the molecule is CC(C)(C)OC(=O)C1(CO)CCNC1. The number of aliphatic hydroxyl groups excluding tert-OH is 1. The third kappa shape index (κ3) is 2.45. The van der Waals surface area contributed by atoms with Crippen LogP contribution in [0, 0.1) is 5.41 Å². The van der Waals surface area contributed by atoms with E-state index in [2.05, 4.69) is 5.32 Å². The predicted octanol–water partition coefficient (Wildman–Crippen LogP) is 0.300. The van der Waals surface area contributed by atoms with Crippen molar-refractivity contribution in [3.05, 3.63) is 0 Å². The molecule has 0 aromatic carbocycles. The number of esters is 1. The Morgan fingerprint density at radius 2 is 2.21 bits per heavy atom. The van der Waals surface area contributed by atoms with Gasteiger partial charge in [-0.15, -0.1) is 0 Å². The van der Waals surface area contributed by atoms with Gasteiger partial charge in [0.1, 0.15) is 11.0 Å². The second-order valence-electron chi connectivity index (χ2n) is 4.87. The van der Waals surface area contributed by atoms with Crippen molar-refractivity contribution < 1.29 is 14.6 Å². The Hall–Kier alpha value is -0.610. The standard InChI is InChI=1S/C10H19NO3/c1-9(2,3)14-8(13)10(7-12)4-5-11-6-10/h11-12H,4-7H2,1-3H3. The molecular weight excluding hydrogens is 182 g/mol. The maximum absolute atomic E-state index is 11.8. The highest BCUT2D eigenvalue weighted by molar-refractivity contribution is 5.78. The Morgan fingerprint density at radius 1 is 1.57 bits per heavy atom. The molecule has 0 saturated carbocycles. The van der Waals surface area contributed by atoms with Gasteiger partial charge < -0.3 is 15.2 Å². The van der Waals surface area contributed by atoms with E-state index in [-0.39, 0.29) is 12.6 Å². The van der Waals surface area contributed by atoms with Crippen LogP contribution in [0.15, 0.2) is 0 Å². The van der Waals surface area contributed by atoms with E-state index >= 15 is 0 Å². The molecule has 1 rings (SSSR count). The van der Waals surface area contributed by atoms with Gasteiger partial charge in [0, 0.05) is 6.54 Å². The van der Waals surface area contributed by atoms with Gasteiger partial charge in [-0.2, -0.15) is 0 Å². The van der Waals surface area contributed by atoms with E-state index in [1.807, 2.05) is 20.8 Å². The highest BCUT2D eigenvalue weighted by Crippen LogP contribution is 2.28. The Balaban J connectivity index is 2.66. The zero-order chi connectivity index (χ0) is 10.8. The van der Waals surface area contributed by atoms with E-state index in [9.17, 15) is 9.90 Å². The Labute approximate surface area is 84.6 Å². The quantitative estimate of drug-likeness (QED) is 0.631. The van der Waals surface area contributed by atoms with E-state index in [0.29, 0.717) is 13.0 Å². The highest BCUT2D eigenvalue weighted by Gasteiger charge is 2.43. The third-order valence-electron chi connectivity index (χ3n) is 2.38. The summed E-state index contributed by atoms with van der Waals surface area (Å²) in [6, 6.07) is 0. The number of rotatable bonds is 2. The lowest BCUT2D eigenvalue weighted by atomic mass is 9.88. The van der Waals surface area contributed by atoms with Gasteiger partial charge in [-0.1, -0.05) is 0 Å². The van der Waals surface area contributed by atoms with Crippen LogP contribution in [0.3, 0.4) is 0 Å². The fourth-order valence-electron chi connectivity index (χ4n) is 1.50. The second-order valence-corrected chi connectivity index (χ2v) is 4.87. The van der Waals surface area contributed by atoms with Crippen LogP contribution in [0.2, 0.25) is 0 Å². The van der Waals surface area contributed by atoms with Crippen LogP contribution in [-0.2, 0) is 9.53 Å². The maximum Gasteiger partial charge on any atom is 0.316 e. The van der Waals surface area contributed by atoms with Crippen molar-refractivity contribution in [2.75, 3.05) is 19.7 Å².